The Balaban J connectivity index is 2.10. The van der Waals surface area contributed by atoms with Crippen LogP contribution in [0.25, 0.3) is 10.8 Å². The standard InChI is InChI=1S/C16H12N2O9S2/c19-16-8-12(29(25,26)27)6-9-5-10(1-3-13(9)16)17-14-4-2-11(28(22,23)24)7-15(14)18(20)21/h1-8,17,19H,(H,22,23,24)(H,25,26,27). The van der Waals surface area contributed by atoms with Crippen LogP contribution in [0.4, 0.5) is 17.1 Å². The zero-order valence-electron chi connectivity index (χ0n) is 14.2. The zero-order chi connectivity index (χ0) is 21.6. The lowest BCUT2D eigenvalue weighted by atomic mass is 10.1. The number of aromatic hydroxyl groups is 1. The van der Waals surface area contributed by atoms with E-state index in [1.807, 2.05) is 0 Å². The minimum absolute atomic E-state index is 0.100. The normalized spacial score (nSPS) is 12.1. The zero-order valence-corrected chi connectivity index (χ0v) is 15.8. The van der Waals surface area contributed by atoms with Crippen LogP contribution in [0.2, 0.25) is 0 Å². The summed E-state index contributed by atoms with van der Waals surface area (Å²) in [6.07, 6.45) is 0. The lowest BCUT2D eigenvalue weighted by Gasteiger charge is -2.10. The number of phenolic OH excluding ortho intramolecular Hbond substituents is 1. The SMILES string of the molecule is O=[N+]([O-])c1cc(S(=O)(=O)O)ccc1Nc1ccc2c(O)cc(S(=O)(=O)O)cc2c1. The summed E-state index contributed by atoms with van der Waals surface area (Å²) >= 11 is 0. The fourth-order valence-electron chi connectivity index (χ4n) is 2.63. The van der Waals surface area contributed by atoms with Crippen LogP contribution in [0.15, 0.2) is 58.3 Å². The van der Waals surface area contributed by atoms with Gasteiger partial charge in [-0.2, -0.15) is 16.8 Å². The molecule has 0 spiro atoms. The summed E-state index contributed by atoms with van der Waals surface area (Å²) in [5.74, 6) is -0.398. The molecule has 3 aromatic rings. The number of rotatable bonds is 5. The molecule has 0 fully saturated rings. The molecule has 0 aromatic heterocycles. The lowest BCUT2D eigenvalue weighted by Crippen LogP contribution is -2.02. The Kier molecular flexibility index (Phi) is 4.92. The molecule has 4 N–H and O–H groups in total. The first-order valence-electron chi connectivity index (χ1n) is 7.63. The van der Waals surface area contributed by atoms with Gasteiger partial charge >= 0.3 is 0 Å². The van der Waals surface area contributed by atoms with E-state index in [9.17, 15) is 32.1 Å². The van der Waals surface area contributed by atoms with Crippen LogP contribution in [0.1, 0.15) is 0 Å². The molecule has 0 saturated heterocycles. The number of anilines is 2. The van der Waals surface area contributed by atoms with Gasteiger partial charge in [-0.25, -0.2) is 0 Å². The number of phenols is 1. The van der Waals surface area contributed by atoms with Crippen molar-refractivity contribution in [3.63, 3.8) is 0 Å². The molecule has 0 saturated carbocycles. The molecule has 152 valence electrons. The van der Waals surface area contributed by atoms with Crippen molar-refractivity contribution in [1.82, 2.24) is 0 Å². The van der Waals surface area contributed by atoms with E-state index in [4.69, 9.17) is 9.11 Å². The van der Waals surface area contributed by atoms with Crippen molar-refractivity contribution in [2.75, 3.05) is 5.32 Å². The van der Waals surface area contributed by atoms with Gasteiger partial charge in [0.1, 0.15) is 16.3 Å². The van der Waals surface area contributed by atoms with E-state index >= 15 is 0 Å². The first-order chi connectivity index (χ1) is 13.4. The predicted octanol–water partition coefficient (Wildman–Crippen LogP) is 2.69. The van der Waals surface area contributed by atoms with Gasteiger partial charge in [-0.15, -0.1) is 0 Å². The van der Waals surface area contributed by atoms with Crippen LogP contribution >= 0.6 is 0 Å². The molecule has 0 unspecified atom stereocenters. The second-order valence-electron chi connectivity index (χ2n) is 5.89. The molecule has 0 atom stereocenters. The summed E-state index contributed by atoms with van der Waals surface area (Å²) in [4.78, 5) is 9.22. The minimum Gasteiger partial charge on any atom is -0.507 e. The molecule has 0 aliphatic rings. The van der Waals surface area contributed by atoms with Crippen LogP contribution in [0, 0.1) is 10.1 Å². The Hall–Kier alpha value is -3.26. The van der Waals surface area contributed by atoms with Crippen LogP contribution in [0.3, 0.4) is 0 Å². The van der Waals surface area contributed by atoms with Crippen molar-refractivity contribution < 1.29 is 36.0 Å². The highest BCUT2D eigenvalue weighted by Gasteiger charge is 2.20. The Labute approximate surface area is 163 Å². The molecule has 3 aromatic carbocycles. The largest absolute Gasteiger partial charge is 0.507 e. The number of nitro benzene ring substituents is 1. The van der Waals surface area contributed by atoms with Gasteiger partial charge in [0.05, 0.1) is 9.82 Å². The summed E-state index contributed by atoms with van der Waals surface area (Å²) in [6.45, 7) is 0. The molecule has 0 heterocycles. The smallest absolute Gasteiger partial charge is 0.294 e. The van der Waals surface area contributed by atoms with E-state index in [-0.39, 0.29) is 22.1 Å². The van der Waals surface area contributed by atoms with Gasteiger partial charge in [0.2, 0.25) is 0 Å². The van der Waals surface area contributed by atoms with Gasteiger partial charge in [0.25, 0.3) is 25.9 Å². The van der Waals surface area contributed by atoms with Crippen LogP contribution in [-0.4, -0.2) is 36.0 Å². The van der Waals surface area contributed by atoms with E-state index < -0.39 is 46.4 Å². The van der Waals surface area contributed by atoms with Crippen LogP contribution in [0.5, 0.6) is 5.75 Å². The molecule has 13 heteroatoms. The molecule has 0 aliphatic heterocycles. The molecule has 11 nitrogen and oxygen atoms in total. The Morgan fingerprint density at radius 2 is 1.52 bits per heavy atom. The van der Waals surface area contributed by atoms with E-state index in [0.717, 1.165) is 24.3 Å². The van der Waals surface area contributed by atoms with Crippen LogP contribution in [-0.2, 0) is 20.2 Å². The third-order valence-electron chi connectivity index (χ3n) is 3.94. The van der Waals surface area contributed by atoms with Crippen molar-refractivity contribution in [1.29, 1.82) is 0 Å². The van der Waals surface area contributed by atoms with Gasteiger partial charge in [0, 0.05) is 23.2 Å². The summed E-state index contributed by atoms with van der Waals surface area (Å²) < 4.78 is 63.2. The van der Waals surface area contributed by atoms with Gasteiger partial charge in [-0.1, -0.05) is 0 Å². The second kappa shape index (κ2) is 6.97. The maximum atomic E-state index is 11.3. The molecule has 0 aliphatic carbocycles. The van der Waals surface area contributed by atoms with Gasteiger partial charge < -0.3 is 10.4 Å². The van der Waals surface area contributed by atoms with Gasteiger partial charge in [-0.3, -0.25) is 19.2 Å². The number of hydrogen-bond acceptors (Lipinski definition) is 8. The maximum absolute atomic E-state index is 11.3. The molecular weight excluding hydrogens is 428 g/mol. The average molecular weight is 440 g/mol. The Morgan fingerprint density at radius 3 is 2.10 bits per heavy atom. The molecule has 0 bridgehead atoms. The molecule has 0 amide bonds. The molecule has 3 rings (SSSR count). The van der Waals surface area contributed by atoms with E-state index in [1.54, 1.807) is 0 Å². The van der Waals surface area contributed by atoms with E-state index in [0.29, 0.717) is 6.07 Å². The van der Waals surface area contributed by atoms with Crippen molar-refractivity contribution in [3.05, 3.63) is 58.6 Å². The molecule has 0 radical (unpaired) electrons. The molecular formula is C16H12N2O9S2. The minimum atomic E-state index is -4.64. The van der Waals surface area contributed by atoms with Crippen molar-refractivity contribution in [2.45, 2.75) is 9.79 Å². The number of fused-ring (bicyclic) bond motifs is 1. The van der Waals surface area contributed by atoms with Crippen molar-refractivity contribution in [2.24, 2.45) is 0 Å². The third kappa shape index (κ3) is 4.27. The first kappa shape index (κ1) is 20.5. The Morgan fingerprint density at radius 1 is 0.862 bits per heavy atom. The summed E-state index contributed by atoms with van der Waals surface area (Å²) in [7, 11) is -9.22. The number of hydrogen-bond donors (Lipinski definition) is 4. The van der Waals surface area contributed by atoms with Crippen molar-refractivity contribution >= 4 is 48.1 Å². The Bertz CT molecular complexity index is 1370. The van der Waals surface area contributed by atoms with Crippen LogP contribution < -0.4 is 5.32 Å². The molecule has 29 heavy (non-hydrogen) atoms. The number of nitro groups is 1. The third-order valence-corrected chi connectivity index (χ3v) is 5.63. The highest BCUT2D eigenvalue weighted by atomic mass is 32.2. The monoisotopic (exact) mass is 440 g/mol. The van der Waals surface area contributed by atoms with Crippen molar-refractivity contribution in [3.8, 4) is 5.75 Å². The number of nitrogens with one attached hydrogen (secondary N) is 1. The predicted molar refractivity (Wildman–Crippen MR) is 102 cm³/mol. The topological polar surface area (TPSA) is 184 Å². The average Bonchev–Trinajstić information content (AvgIpc) is 2.59. The van der Waals surface area contributed by atoms with E-state index in [1.165, 1.54) is 18.2 Å². The second-order valence-corrected chi connectivity index (χ2v) is 8.73. The highest BCUT2D eigenvalue weighted by Crippen LogP contribution is 2.34. The maximum Gasteiger partial charge on any atom is 0.294 e. The first-order valence-corrected chi connectivity index (χ1v) is 10.5. The summed E-state index contributed by atoms with van der Waals surface area (Å²) in [5.41, 5.74) is -0.487. The fourth-order valence-corrected chi connectivity index (χ4v) is 3.67. The number of benzene rings is 3. The van der Waals surface area contributed by atoms with Gasteiger partial charge in [0.15, 0.2) is 0 Å². The summed E-state index contributed by atoms with van der Waals surface area (Å²) in [5, 5.41) is 24.4. The van der Waals surface area contributed by atoms with Gasteiger partial charge in [-0.05, 0) is 41.8 Å². The quantitative estimate of drug-likeness (QED) is 0.261. The fraction of sp³-hybridized carbons (Fsp3) is 0. The number of nitrogens with zero attached hydrogens (tertiary/aromatic N) is 1. The lowest BCUT2D eigenvalue weighted by molar-refractivity contribution is -0.384. The summed E-state index contributed by atoms with van der Waals surface area (Å²) in [6, 6.07) is 8.93. The van der Waals surface area contributed by atoms with E-state index in [2.05, 4.69) is 5.32 Å². The highest BCUT2D eigenvalue weighted by molar-refractivity contribution is 7.86.